The van der Waals surface area contributed by atoms with E-state index in [4.69, 9.17) is 23.2 Å². The fourth-order valence-corrected chi connectivity index (χ4v) is 2.85. The van der Waals surface area contributed by atoms with Crippen LogP contribution in [0.2, 0.25) is 0 Å². The van der Waals surface area contributed by atoms with Crippen LogP contribution in [-0.2, 0) is 14.8 Å². The highest BCUT2D eigenvalue weighted by Crippen LogP contribution is 2.17. The van der Waals surface area contributed by atoms with E-state index in [1.165, 1.54) is 12.1 Å². The SMILES string of the molecule is Cc1ccc(S(=O)(=O)NN=C(CCCCOC(F)(F)F)C(Cl)Cl)cc1. The summed E-state index contributed by atoms with van der Waals surface area (Å²) in [5, 5.41) is 3.69. The van der Waals surface area contributed by atoms with E-state index in [0.717, 1.165) is 5.56 Å². The van der Waals surface area contributed by atoms with Crippen LogP contribution >= 0.6 is 23.2 Å². The van der Waals surface area contributed by atoms with Crippen LogP contribution in [0.15, 0.2) is 34.3 Å². The number of hydrogen-bond donors (Lipinski definition) is 1. The Morgan fingerprint density at radius 1 is 1.24 bits per heavy atom. The number of sulfonamides is 1. The van der Waals surface area contributed by atoms with Gasteiger partial charge >= 0.3 is 6.36 Å². The highest BCUT2D eigenvalue weighted by molar-refractivity contribution is 7.89. The van der Waals surface area contributed by atoms with Gasteiger partial charge in [-0.15, -0.1) is 13.2 Å². The summed E-state index contributed by atoms with van der Waals surface area (Å²) in [6, 6.07) is 6.10. The Labute approximate surface area is 154 Å². The highest BCUT2D eigenvalue weighted by atomic mass is 35.5. The summed E-state index contributed by atoms with van der Waals surface area (Å²) in [6.07, 6.45) is -4.22. The first-order valence-electron chi connectivity index (χ1n) is 7.15. The normalized spacial score (nSPS) is 13.3. The molecule has 0 fully saturated rings. The number of rotatable bonds is 9. The molecule has 0 heterocycles. The zero-order chi connectivity index (χ0) is 19.1. The fraction of sp³-hybridized carbons (Fsp3) is 0.500. The van der Waals surface area contributed by atoms with Crippen molar-refractivity contribution in [3.8, 4) is 0 Å². The van der Waals surface area contributed by atoms with Gasteiger partial charge in [-0.1, -0.05) is 40.9 Å². The van der Waals surface area contributed by atoms with Gasteiger partial charge < -0.3 is 0 Å². The summed E-state index contributed by atoms with van der Waals surface area (Å²) >= 11 is 11.4. The molecule has 0 aromatic heterocycles. The molecule has 0 saturated heterocycles. The van der Waals surface area contributed by atoms with Gasteiger partial charge in [0, 0.05) is 0 Å². The fourth-order valence-electron chi connectivity index (χ4n) is 1.70. The first kappa shape index (κ1) is 22.0. The number of nitrogens with zero attached hydrogens (tertiary/aromatic N) is 1. The Kier molecular flexibility index (Phi) is 8.46. The van der Waals surface area contributed by atoms with Crippen molar-refractivity contribution in [2.24, 2.45) is 5.10 Å². The number of ether oxygens (including phenoxy) is 1. The molecule has 0 aliphatic heterocycles. The number of hydrazone groups is 1. The third-order valence-electron chi connectivity index (χ3n) is 2.99. The van der Waals surface area contributed by atoms with E-state index >= 15 is 0 Å². The lowest BCUT2D eigenvalue weighted by Gasteiger charge is -2.10. The minimum absolute atomic E-state index is 0.0143. The minimum Gasteiger partial charge on any atom is -0.292 e. The monoisotopic (exact) mass is 420 g/mol. The average Bonchev–Trinajstić information content (AvgIpc) is 2.49. The lowest BCUT2D eigenvalue weighted by molar-refractivity contribution is -0.324. The average molecular weight is 421 g/mol. The van der Waals surface area contributed by atoms with Crippen molar-refractivity contribution < 1.29 is 26.3 Å². The van der Waals surface area contributed by atoms with Gasteiger partial charge in [-0.25, -0.2) is 4.83 Å². The number of benzene rings is 1. The van der Waals surface area contributed by atoms with Crippen LogP contribution < -0.4 is 4.83 Å². The van der Waals surface area contributed by atoms with E-state index in [1.54, 1.807) is 12.1 Å². The molecule has 0 radical (unpaired) electrons. The van der Waals surface area contributed by atoms with Crippen LogP contribution in [0.4, 0.5) is 13.2 Å². The van der Waals surface area contributed by atoms with Crippen molar-refractivity contribution >= 4 is 38.9 Å². The maximum absolute atomic E-state index is 12.1. The second-order valence-corrected chi connectivity index (χ2v) is 7.82. The highest BCUT2D eigenvalue weighted by Gasteiger charge is 2.28. The molecule has 1 N–H and O–H groups in total. The molecule has 0 atom stereocenters. The van der Waals surface area contributed by atoms with Crippen molar-refractivity contribution in [2.45, 2.75) is 42.3 Å². The maximum Gasteiger partial charge on any atom is 0.522 e. The molecule has 0 aliphatic carbocycles. The molecule has 0 unspecified atom stereocenters. The second-order valence-electron chi connectivity index (χ2n) is 5.06. The van der Waals surface area contributed by atoms with Crippen LogP contribution in [0.1, 0.15) is 24.8 Å². The summed E-state index contributed by atoms with van der Waals surface area (Å²) < 4.78 is 63.4. The van der Waals surface area contributed by atoms with Gasteiger partial charge in [-0.05, 0) is 38.3 Å². The quantitative estimate of drug-likeness (QED) is 0.282. The summed E-state index contributed by atoms with van der Waals surface area (Å²) in [7, 11) is -3.89. The lowest BCUT2D eigenvalue weighted by atomic mass is 10.2. The molecule has 11 heteroatoms. The molecule has 1 aromatic rings. The van der Waals surface area contributed by atoms with Crippen molar-refractivity contribution in [3.63, 3.8) is 0 Å². The lowest BCUT2D eigenvalue weighted by Crippen LogP contribution is -2.22. The number of halogens is 5. The molecule has 0 bridgehead atoms. The zero-order valence-corrected chi connectivity index (χ0v) is 15.5. The number of unbranched alkanes of at least 4 members (excludes halogenated alkanes) is 1. The molecule has 25 heavy (non-hydrogen) atoms. The van der Waals surface area contributed by atoms with E-state index in [1.807, 2.05) is 11.8 Å². The second kappa shape index (κ2) is 9.61. The molecule has 0 amide bonds. The predicted molar refractivity (Wildman–Crippen MR) is 90.3 cm³/mol. The van der Waals surface area contributed by atoms with Crippen molar-refractivity contribution in [2.75, 3.05) is 6.61 Å². The molecular weight excluding hydrogens is 404 g/mol. The molecule has 0 spiro atoms. The van der Waals surface area contributed by atoms with Crippen LogP contribution in [0, 0.1) is 6.92 Å². The predicted octanol–water partition coefficient (Wildman–Crippen LogP) is 4.14. The van der Waals surface area contributed by atoms with E-state index in [0.29, 0.717) is 0 Å². The third kappa shape index (κ3) is 8.75. The van der Waals surface area contributed by atoms with Crippen LogP contribution in [0.5, 0.6) is 0 Å². The first-order chi connectivity index (χ1) is 11.5. The third-order valence-corrected chi connectivity index (χ3v) is 4.71. The topological polar surface area (TPSA) is 67.8 Å². The molecule has 142 valence electrons. The van der Waals surface area contributed by atoms with Gasteiger partial charge in [0.1, 0.15) is 4.84 Å². The Morgan fingerprint density at radius 2 is 1.84 bits per heavy atom. The largest absolute Gasteiger partial charge is 0.522 e. The first-order valence-corrected chi connectivity index (χ1v) is 9.50. The minimum atomic E-state index is -4.68. The van der Waals surface area contributed by atoms with Crippen molar-refractivity contribution in [1.29, 1.82) is 0 Å². The van der Waals surface area contributed by atoms with E-state index in [9.17, 15) is 21.6 Å². The molecule has 1 rings (SSSR count). The number of alkyl halides is 5. The van der Waals surface area contributed by atoms with Gasteiger partial charge in [0.25, 0.3) is 10.0 Å². The van der Waals surface area contributed by atoms with E-state index in [2.05, 4.69) is 9.84 Å². The maximum atomic E-state index is 12.1. The van der Waals surface area contributed by atoms with Crippen LogP contribution in [0.3, 0.4) is 0 Å². The Bertz CT molecular complexity index is 678. The van der Waals surface area contributed by atoms with Gasteiger partial charge in [0.15, 0.2) is 0 Å². The van der Waals surface area contributed by atoms with Crippen molar-refractivity contribution in [3.05, 3.63) is 29.8 Å². The molecule has 0 saturated carbocycles. The van der Waals surface area contributed by atoms with Gasteiger partial charge in [0.2, 0.25) is 0 Å². The zero-order valence-electron chi connectivity index (χ0n) is 13.2. The Hall–Kier alpha value is -1.03. The summed E-state index contributed by atoms with van der Waals surface area (Å²) in [6.45, 7) is 1.30. The van der Waals surface area contributed by atoms with Gasteiger partial charge in [-0.3, -0.25) is 4.74 Å². The van der Waals surface area contributed by atoms with Crippen molar-refractivity contribution in [1.82, 2.24) is 4.83 Å². The smallest absolute Gasteiger partial charge is 0.292 e. The van der Waals surface area contributed by atoms with E-state index in [-0.39, 0.29) is 29.9 Å². The summed E-state index contributed by atoms with van der Waals surface area (Å²) in [5.74, 6) is 0. The standard InChI is InChI=1S/C14H17Cl2F3N2O3S/c1-10-5-7-11(8-6-10)25(22,23)21-20-12(13(15)16)4-2-3-9-24-14(17,18)19/h5-8,13,21H,2-4,9H2,1H3. The van der Waals surface area contributed by atoms with Gasteiger partial charge in [0.05, 0.1) is 17.2 Å². The van der Waals surface area contributed by atoms with Crippen LogP contribution in [0.25, 0.3) is 0 Å². The summed E-state index contributed by atoms with van der Waals surface area (Å²) in [4.78, 5) is 0.942. The van der Waals surface area contributed by atoms with Crippen LogP contribution in [-0.4, -0.2) is 31.9 Å². The van der Waals surface area contributed by atoms with E-state index < -0.39 is 27.8 Å². The molecule has 0 aliphatic rings. The number of hydrogen-bond acceptors (Lipinski definition) is 4. The Morgan fingerprint density at radius 3 is 2.36 bits per heavy atom. The summed E-state index contributed by atoms with van der Waals surface area (Å²) in [5.41, 5.74) is 0.997. The molecular formula is C14H17Cl2F3N2O3S. The number of aryl methyl sites for hydroxylation is 1. The molecule has 5 nitrogen and oxygen atoms in total. The Balaban J connectivity index is 2.61. The number of nitrogens with one attached hydrogen (secondary N) is 1. The van der Waals surface area contributed by atoms with Gasteiger partial charge in [-0.2, -0.15) is 13.5 Å². The molecule has 1 aromatic carbocycles.